The molecule has 1 aliphatic rings. The minimum Gasteiger partial charge on any atom is -0.465 e. The number of amides is 1. The van der Waals surface area contributed by atoms with E-state index in [1.54, 1.807) is 24.3 Å². The van der Waals surface area contributed by atoms with Crippen LogP contribution in [0.5, 0.6) is 0 Å². The molecule has 3 rings (SSSR count). The van der Waals surface area contributed by atoms with Crippen LogP contribution in [0.3, 0.4) is 0 Å². The van der Waals surface area contributed by atoms with Gasteiger partial charge in [0, 0.05) is 23.8 Å². The van der Waals surface area contributed by atoms with Crippen LogP contribution >= 0.6 is 0 Å². The summed E-state index contributed by atoms with van der Waals surface area (Å²) in [4.78, 5) is 24.1. The molecule has 2 aromatic carbocycles. The molecule has 1 amide bonds. The number of methoxy groups -OCH3 is 1. The summed E-state index contributed by atoms with van der Waals surface area (Å²) in [7, 11) is -2.27. The fraction of sp³-hybridized carbons (Fsp3) is 0.333. The Morgan fingerprint density at radius 3 is 2.21 bits per heavy atom. The van der Waals surface area contributed by atoms with E-state index in [0.717, 1.165) is 19.3 Å². The van der Waals surface area contributed by atoms with E-state index in [2.05, 4.69) is 10.1 Å². The molecule has 1 heterocycles. The highest BCUT2D eigenvalue weighted by atomic mass is 32.2. The molecule has 0 bridgehead atoms. The lowest BCUT2D eigenvalue weighted by Crippen LogP contribution is -2.41. The summed E-state index contributed by atoms with van der Waals surface area (Å²) in [5.74, 6) is -0.825. The third-order valence-corrected chi connectivity index (χ3v) is 7.06. The fourth-order valence-electron chi connectivity index (χ4n) is 3.35. The molecule has 0 aromatic heterocycles. The number of hydrogen-bond donors (Lipinski definition) is 1. The third-order valence-electron chi connectivity index (χ3n) is 5.03. The lowest BCUT2D eigenvalue weighted by molar-refractivity contribution is 0.0600. The normalized spacial score (nSPS) is 17.5. The van der Waals surface area contributed by atoms with E-state index in [1.807, 2.05) is 6.92 Å². The van der Waals surface area contributed by atoms with Crippen molar-refractivity contribution in [1.29, 1.82) is 0 Å². The fourth-order valence-corrected chi connectivity index (χ4v) is 5.05. The number of carbonyl (C=O) groups is 2. The molecule has 1 fully saturated rings. The van der Waals surface area contributed by atoms with E-state index in [0.29, 0.717) is 23.4 Å². The van der Waals surface area contributed by atoms with Gasteiger partial charge in [-0.3, -0.25) is 4.79 Å². The van der Waals surface area contributed by atoms with E-state index in [1.165, 1.54) is 35.7 Å². The number of esters is 1. The summed E-state index contributed by atoms with van der Waals surface area (Å²) in [5.41, 5.74) is 1.24. The first-order valence-electron chi connectivity index (χ1n) is 9.44. The second-order valence-corrected chi connectivity index (χ2v) is 8.90. The number of rotatable bonds is 5. The molecule has 1 aliphatic heterocycles. The number of benzene rings is 2. The maximum Gasteiger partial charge on any atom is 0.337 e. The summed E-state index contributed by atoms with van der Waals surface area (Å²) in [5, 5.41) is 2.72. The molecule has 8 heteroatoms. The number of anilines is 1. The Hall–Kier alpha value is -2.71. The predicted octanol–water partition coefficient (Wildman–Crippen LogP) is 3.29. The number of hydrogen-bond acceptors (Lipinski definition) is 5. The Balaban J connectivity index is 1.71. The van der Waals surface area contributed by atoms with E-state index in [4.69, 9.17) is 0 Å². The van der Waals surface area contributed by atoms with E-state index in [-0.39, 0.29) is 16.8 Å². The van der Waals surface area contributed by atoms with Crippen molar-refractivity contribution in [3.8, 4) is 0 Å². The monoisotopic (exact) mass is 416 g/mol. The Kier molecular flexibility index (Phi) is 6.34. The average molecular weight is 416 g/mol. The van der Waals surface area contributed by atoms with Gasteiger partial charge in [-0.15, -0.1) is 0 Å². The molecule has 154 valence electrons. The van der Waals surface area contributed by atoms with Crippen molar-refractivity contribution in [1.82, 2.24) is 4.31 Å². The molecule has 7 nitrogen and oxygen atoms in total. The Morgan fingerprint density at radius 2 is 1.62 bits per heavy atom. The summed E-state index contributed by atoms with van der Waals surface area (Å²) in [6.45, 7) is 2.44. The maximum atomic E-state index is 12.9. The average Bonchev–Trinajstić information content (AvgIpc) is 2.74. The molecule has 1 saturated heterocycles. The summed E-state index contributed by atoms with van der Waals surface area (Å²) < 4.78 is 31.9. The van der Waals surface area contributed by atoms with Gasteiger partial charge in [0.05, 0.1) is 17.6 Å². The molecule has 2 aromatic rings. The summed E-state index contributed by atoms with van der Waals surface area (Å²) in [6, 6.07) is 12.2. The van der Waals surface area contributed by atoms with Gasteiger partial charge in [0.2, 0.25) is 10.0 Å². The van der Waals surface area contributed by atoms with E-state index in [9.17, 15) is 18.0 Å². The van der Waals surface area contributed by atoms with Gasteiger partial charge in [0.15, 0.2) is 0 Å². The minimum absolute atomic E-state index is 0.0234. The van der Waals surface area contributed by atoms with Crippen molar-refractivity contribution in [2.45, 2.75) is 37.1 Å². The van der Waals surface area contributed by atoms with Gasteiger partial charge >= 0.3 is 5.97 Å². The SMILES string of the molecule is COC(=O)c1ccc(NC(=O)c2ccc(S(=O)(=O)N3CCCC[C@H]3C)cc2)cc1. The van der Waals surface area contributed by atoms with Gasteiger partial charge < -0.3 is 10.1 Å². The topological polar surface area (TPSA) is 92.8 Å². The largest absolute Gasteiger partial charge is 0.465 e. The zero-order chi connectivity index (χ0) is 21.0. The summed E-state index contributed by atoms with van der Waals surface area (Å²) >= 11 is 0. The first-order valence-corrected chi connectivity index (χ1v) is 10.9. The van der Waals surface area contributed by atoms with E-state index >= 15 is 0 Å². The first-order chi connectivity index (χ1) is 13.8. The van der Waals surface area contributed by atoms with Crippen molar-refractivity contribution in [3.05, 3.63) is 59.7 Å². The van der Waals surface area contributed by atoms with Crippen LogP contribution in [-0.2, 0) is 14.8 Å². The Morgan fingerprint density at radius 1 is 1.00 bits per heavy atom. The molecule has 0 spiro atoms. The number of nitrogens with one attached hydrogen (secondary N) is 1. The van der Waals surface area contributed by atoms with Crippen LogP contribution in [0.1, 0.15) is 46.9 Å². The Labute approximate surface area is 170 Å². The lowest BCUT2D eigenvalue weighted by Gasteiger charge is -2.32. The molecule has 0 unspecified atom stereocenters. The quantitative estimate of drug-likeness (QED) is 0.755. The van der Waals surface area contributed by atoms with Gasteiger partial charge in [-0.05, 0) is 68.3 Å². The van der Waals surface area contributed by atoms with Crippen molar-refractivity contribution >= 4 is 27.6 Å². The van der Waals surface area contributed by atoms with Crippen molar-refractivity contribution < 1.29 is 22.7 Å². The van der Waals surface area contributed by atoms with Gasteiger partial charge in [-0.2, -0.15) is 4.31 Å². The molecular formula is C21H24N2O5S. The number of sulfonamides is 1. The minimum atomic E-state index is -3.57. The third kappa shape index (κ3) is 4.65. The second kappa shape index (κ2) is 8.75. The van der Waals surface area contributed by atoms with Gasteiger partial charge in [-0.1, -0.05) is 6.42 Å². The van der Waals surface area contributed by atoms with Crippen LogP contribution in [0.25, 0.3) is 0 Å². The highest BCUT2D eigenvalue weighted by Gasteiger charge is 2.30. The number of carbonyl (C=O) groups excluding carboxylic acids is 2. The predicted molar refractivity (Wildman–Crippen MR) is 109 cm³/mol. The van der Waals surface area contributed by atoms with Gasteiger partial charge in [0.25, 0.3) is 5.91 Å². The highest BCUT2D eigenvalue weighted by Crippen LogP contribution is 2.25. The first kappa shape index (κ1) is 21.0. The van der Waals surface area contributed by atoms with Crippen LogP contribution in [-0.4, -0.2) is 44.3 Å². The van der Waals surface area contributed by atoms with Crippen LogP contribution < -0.4 is 5.32 Å². The molecular weight excluding hydrogens is 392 g/mol. The number of nitrogens with zero attached hydrogens (tertiary/aromatic N) is 1. The molecule has 0 saturated carbocycles. The number of ether oxygens (including phenoxy) is 1. The standard InChI is InChI=1S/C21H24N2O5S/c1-15-5-3-4-14-23(15)29(26,27)19-12-8-16(9-13-19)20(24)22-18-10-6-17(7-11-18)21(25)28-2/h6-13,15H,3-5,14H2,1-2H3,(H,22,24)/t15-/m1/s1. The number of piperidine rings is 1. The zero-order valence-corrected chi connectivity index (χ0v) is 17.2. The zero-order valence-electron chi connectivity index (χ0n) is 16.4. The summed E-state index contributed by atoms with van der Waals surface area (Å²) in [6.07, 6.45) is 2.75. The molecule has 29 heavy (non-hydrogen) atoms. The Bertz CT molecular complexity index is 985. The molecule has 1 atom stereocenters. The molecule has 0 aliphatic carbocycles. The maximum absolute atomic E-state index is 12.9. The van der Waals surface area contributed by atoms with Crippen molar-refractivity contribution in [3.63, 3.8) is 0 Å². The highest BCUT2D eigenvalue weighted by molar-refractivity contribution is 7.89. The van der Waals surface area contributed by atoms with Crippen LogP contribution in [0.15, 0.2) is 53.4 Å². The second-order valence-electron chi connectivity index (χ2n) is 7.01. The van der Waals surface area contributed by atoms with E-state index < -0.39 is 16.0 Å². The molecule has 1 N–H and O–H groups in total. The lowest BCUT2D eigenvalue weighted by atomic mass is 10.1. The van der Waals surface area contributed by atoms with Crippen LogP contribution in [0, 0.1) is 0 Å². The molecule has 0 radical (unpaired) electrons. The van der Waals surface area contributed by atoms with Gasteiger partial charge in [0.1, 0.15) is 0 Å². The van der Waals surface area contributed by atoms with Gasteiger partial charge in [-0.25, -0.2) is 13.2 Å². The van der Waals surface area contributed by atoms with Crippen LogP contribution in [0.4, 0.5) is 5.69 Å². The van der Waals surface area contributed by atoms with Crippen LogP contribution in [0.2, 0.25) is 0 Å². The smallest absolute Gasteiger partial charge is 0.337 e. The van der Waals surface area contributed by atoms with Crippen molar-refractivity contribution in [2.75, 3.05) is 19.0 Å². The van der Waals surface area contributed by atoms with Crippen molar-refractivity contribution in [2.24, 2.45) is 0 Å².